The van der Waals surface area contributed by atoms with Gasteiger partial charge in [0.05, 0.1) is 13.2 Å². The van der Waals surface area contributed by atoms with E-state index in [1.54, 1.807) is 14.2 Å². The van der Waals surface area contributed by atoms with Gasteiger partial charge in [-0.2, -0.15) is 0 Å². The summed E-state index contributed by atoms with van der Waals surface area (Å²) < 4.78 is 10.6. The van der Waals surface area contributed by atoms with Crippen molar-refractivity contribution in [2.45, 2.75) is 50.4 Å². The maximum absolute atomic E-state index is 12.5. The summed E-state index contributed by atoms with van der Waals surface area (Å²) >= 11 is 0. The van der Waals surface area contributed by atoms with Crippen LogP contribution in [0.2, 0.25) is 0 Å². The van der Waals surface area contributed by atoms with Crippen molar-refractivity contribution in [3.63, 3.8) is 0 Å². The number of hydrogen-bond donors (Lipinski definition) is 1. The number of amides is 2. The Hall–Kier alpha value is -1.75. The molecular formula is C17H24N2O3. The first kappa shape index (κ1) is 15.2. The van der Waals surface area contributed by atoms with Gasteiger partial charge in [0.25, 0.3) is 0 Å². The second-order valence-electron chi connectivity index (χ2n) is 6.13. The van der Waals surface area contributed by atoms with Crippen LogP contribution in [-0.2, 0) is 11.3 Å². The van der Waals surface area contributed by atoms with Crippen LogP contribution >= 0.6 is 0 Å². The summed E-state index contributed by atoms with van der Waals surface area (Å²) in [5.74, 6) is 0.828. The molecule has 5 nitrogen and oxygen atoms in total. The van der Waals surface area contributed by atoms with Gasteiger partial charge in [0, 0.05) is 25.7 Å². The lowest BCUT2D eigenvalue weighted by Crippen LogP contribution is -2.52. The molecule has 1 aromatic rings. The highest BCUT2D eigenvalue weighted by molar-refractivity contribution is 5.75. The van der Waals surface area contributed by atoms with Crippen LogP contribution in [0.3, 0.4) is 0 Å². The molecule has 120 valence electrons. The molecule has 0 aromatic heterocycles. The first-order chi connectivity index (χ1) is 10.7. The summed E-state index contributed by atoms with van der Waals surface area (Å²) in [7, 11) is 3.42. The average Bonchev–Trinajstić information content (AvgIpc) is 2.83. The minimum Gasteiger partial charge on any atom is -0.497 e. The number of piperidine rings is 1. The van der Waals surface area contributed by atoms with E-state index in [2.05, 4.69) is 5.32 Å². The zero-order valence-corrected chi connectivity index (χ0v) is 13.2. The summed E-state index contributed by atoms with van der Waals surface area (Å²) in [5.41, 5.74) is 1.08. The number of carbonyl (C=O) groups excluding carboxylic acids is 1. The Bertz CT molecular complexity index is 503. The summed E-state index contributed by atoms with van der Waals surface area (Å²) in [4.78, 5) is 14.5. The number of nitrogens with zero attached hydrogens (tertiary/aromatic N) is 1. The van der Waals surface area contributed by atoms with E-state index in [1.165, 1.54) is 0 Å². The van der Waals surface area contributed by atoms with Gasteiger partial charge in [0.1, 0.15) is 5.75 Å². The topological polar surface area (TPSA) is 50.8 Å². The molecule has 2 bridgehead atoms. The molecule has 2 atom stereocenters. The molecule has 2 aliphatic heterocycles. The highest BCUT2D eigenvalue weighted by atomic mass is 16.5. The minimum absolute atomic E-state index is 0.0536. The Labute approximate surface area is 131 Å². The van der Waals surface area contributed by atoms with Crippen LogP contribution in [0.1, 0.15) is 31.2 Å². The van der Waals surface area contributed by atoms with E-state index >= 15 is 0 Å². The minimum atomic E-state index is 0.0536. The second-order valence-corrected chi connectivity index (χ2v) is 6.13. The molecule has 1 aromatic carbocycles. The van der Waals surface area contributed by atoms with E-state index < -0.39 is 0 Å². The van der Waals surface area contributed by atoms with Gasteiger partial charge in [0.15, 0.2) is 0 Å². The molecule has 5 heteroatoms. The second kappa shape index (κ2) is 6.57. The van der Waals surface area contributed by atoms with Crippen molar-refractivity contribution in [3.05, 3.63) is 29.8 Å². The number of benzene rings is 1. The van der Waals surface area contributed by atoms with Crippen LogP contribution in [0, 0.1) is 0 Å². The normalized spacial score (nSPS) is 26.8. The van der Waals surface area contributed by atoms with Crippen molar-refractivity contribution in [3.8, 4) is 5.75 Å². The van der Waals surface area contributed by atoms with E-state index in [-0.39, 0.29) is 6.03 Å². The van der Waals surface area contributed by atoms with Gasteiger partial charge >= 0.3 is 6.03 Å². The molecule has 3 rings (SSSR count). The standard InChI is InChI=1S/C17H24N2O3/c1-21-15-7-3-12(4-8-15)11-18-17(20)19-13-5-6-14(19)10-16(9-13)22-2/h3-4,7-8,13-14,16H,5-6,9-11H2,1-2H3,(H,18,20). The van der Waals surface area contributed by atoms with Gasteiger partial charge in [-0.05, 0) is 43.4 Å². The average molecular weight is 304 g/mol. The third-order valence-electron chi connectivity index (χ3n) is 4.86. The third kappa shape index (κ3) is 3.04. The molecule has 2 amide bonds. The number of fused-ring (bicyclic) bond motifs is 2. The smallest absolute Gasteiger partial charge is 0.318 e. The SMILES string of the molecule is COc1ccc(CNC(=O)N2C3CCC2CC(OC)C3)cc1. The number of hydrogen-bond acceptors (Lipinski definition) is 3. The fourth-order valence-electron chi connectivity index (χ4n) is 3.66. The van der Waals surface area contributed by atoms with E-state index in [1.807, 2.05) is 29.2 Å². The van der Waals surface area contributed by atoms with E-state index in [0.717, 1.165) is 37.0 Å². The third-order valence-corrected chi connectivity index (χ3v) is 4.86. The zero-order chi connectivity index (χ0) is 15.5. The van der Waals surface area contributed by atoms with Crippen LogP contribution in [0.5, 0.6) is 5.75 Å². The lowest BCUT2D eigenvalue weighted by atomic mass is 10.0. The molecule has 0 spiro atoms. The van der Waals surface area contributed by atoms with Gasteiger partial charge in [-0.3, -0.25) is 0 Å². The maximum atomic E-state index is 12.5. The Morgan fingerprint density at radius 2 is 1.82 bits per heavy atom. The molecule has 22 heavy (non-hydrogen) atoms. The lowest BCUT2D eigenvalue weighted by molar-refractivity contribution is 0.0208. The lowest BCUT2D eigenvalue weighted by Gasteiger charge is -2.38. The first-order valence-electron chi connectivity index (χ1n) is 7.93. The van der Waals surface area contributed by atoms with E-state index in [0.29, 0.717) is 24.7 Å². The highest BCUT2D eigenvalue weighted by Gasteiger charge is 2.43. The van der Waals surface area contributed by atoms with Crippen LogP contribution in [0.25, 0.3) is 0 Å². The van der Waals surface area contributed by atoms with Gasteiger partial charge in [-0.25, -0.2) is 4.79 Å². The van der Waals surface area contributed by atoms with Gasteiger partial charge in [-0.15, -0.1) is 0 Å². The summed E-state index contributed by atoms with van der Waals surface area (Å²) in [6.45, 7) is 0.548. The Balaban J connectivity index is 1.56. The number of methoxy groups -OCH3 is 2. The Kier molecular flexibility index (Phi) is 4.52. The monoisotopic (exact) mass is 304 g/mol. The van der Waals surface area contributed by atoms with Crippen LogP contribution in [0.15, 0.2) is 24.3 Å². The van der Waals surface area contributed by atoms with Gasteiger partial charge < -0.3 is 19.7 Å². The molecular weight excluding hydrogens is 280 g/mol. The predicted octanol–water partition coefficient (Wildman–Crippen LogP) is 2.55. The van der Waals surface area contributed by atoms with Crippen molar-refractivity contribution in [1.82, 2.24) is 10.2 Å². The fraction of sp³-hybridized carbons (Fsp3) is 0.588. The van der Waals surface area contributed by atoms with E-state index in [9.17, 15) is 4.79 Å². The van der Waals surface area contributed by atoms with Crippen molar-refractivity contribution in [2.24, 2.45) is 0 Å². The number of carbonyl (C=O) groups is 1. The van der Waals surface area contributed by atoms with Gasteiger partial charge in [-0.1, -0.05) is 12.1 Å². The molecule has 2 saturated heterocycles. The quantitative estimate of drug-likeness (QED) is 0.930. The predicted molar refractivity (Wildman–Crippen MR) is 83.9 cm³/mol. The van der Waals surface area contributed by atoms with Gasteiger partial charge in [0.2, 0.25) is 0 Å². The number of rotatable bonds is 4. The van der Waals surface area contributed by atoms with Crippen LogP contribution in [0.4, 0.5) is 4.79 Å². The van der Waals surface area contributed by atoms with Crippen LogP contribution < -0.4 is 10.1 Å². The summed E-state index contributed by atoms with van der Waals surface area (Å²) in [6.07, 6.45) is 4.43. The molecule has 2 fully saturated rings. The van der Waals surface area contributed by atoms with Crippen molar-refractivity contribution >= 4 is 6.03 Å². The molecule has 0 radical (unpaired) electrons. The highest BCUT2D eigenvalue weighted by Crippen LogP contribution is 2.36. The summed E-state index contributed by atoms with van der Waals surface area (Å²) in [5, 5.41) is 3.05. The fourth-order valence-corrected chi connectivity index (χ4v) is 3.66. The van der Waals surface area contributed by atoms with Crippen molar-refractivity contribution < 1.29 is 14.3 Å². The maximum Gasteiger partial charge on any atom is 0.318 e. The molecule has 2 heterocycles. The number of ether oxygens (including phenoxy) is 2. The Morgan fingerprint density at radius 1 is 1.18 bits per heavy atom. The number of urea groups is 1. The molecule has 0 saturated carbocycles. The van der Waals surface area contributed by atoms with E-state index in [4.69, 9.17) is 9.47 Å². The first-order valence-corrected chi connectivity index (χ1v) is 7.93. The van der Waals surface area contributed by atoms with Crippen LogP contribution in [-0.4, -0.2) is 43.3 Å². The largest absolute Gasteiger partial charge is 0.497 e. The summed E-state index contributed by atoms with van der Waals surface area (Å²) in [6, 6.07) is 8.50. The molecule has 0 aliphatic carbocycles. The Morgan fingerprint density at radius 3 is 2.36 bits per heavy atom. The molecule has 2 aliphatic rings. The number of nitrogens with one attached hydrogen (secondary N) is 1. The zero-order valence-electron chi connectivity index (χ0n) is 13.2. The molecule has 1 N–H and O–H groups in total. The van der Waals surface area contributed by atoms with Crippen molar-refractivity contribution in [2.75, 3.05) is 14.2 Å². The molecule has 2 unspecified atom stereocenters. The van der Waals surface area contributed by atoms with Crippen molar-refractivity contribution in [1.29, 1.82) is 0 Å².